The Labute approximate surface area is 98.8 Å². The summed E-state index contributed by atoms with van der Waals surface area (Å²) in [5.41, 5.74) is 5.72. The summed E-state index contributed by atoms with van der Waals surface area (Å²) in [5, 5.41) is 0. The number of amides is 1. The first-order valence-electron chi connectivity index (χ1n) is 6.08. The second-order valence-electron chi connectivity index (χ2n) is 5.40. The largest absolute Gasteiger partial charge is 0.337 e. The number of nitrogens with two attached hydrogens (primary N) is 1. The van der Waals surface area contributed by atoms with E-state index in [-0.39, 0.29) is 17.5 Å². The molecule has 2 unspecified atom stereocenters. The summed E-state index contributed by atoms with van der Waals surface area (Å²) >= 11 is 0. The van der Waals surface area contributed by atoms with Gasteiger partial charge in [0, 0.05) is 24.7 Å². The Morgan fingerprint density at radius 1 is 1.56 bits per heavy atom. The molecule has 2 N–H and O–H groups in total. The maximum atomic E-state index is 12.3. The van der Waals surface area contributed by atoms with Gasteiger partial charge in [0.2, 0.25) is 5.91 Å². The Hall–Kier alpha value is -0.610. The summed E-state index contributed by atoms with van der Waals surface area (Å²) in [6, 6.07) is 0.132. The van der Waals surface area contributed by atoms with Gasteiger partial charge in [0.25, 0.3) is 0 Å². The first-order chi connectivity index (χ1) is 7.35. The van der Waals surface area contributed by atoms with Crippen LogP contribution in [0.15, 0.2) is 0 Å². The molecule has 1 heterocycles. The fraction of sp³-hybridized carbons (Fsp3) is 0.917. The zero-order valence-corrected chi connectivity index (χ0v) is 11.2. The molecular formula is C12H25N3O. The normalized spacial score (nSPS) is 28.2. The number of hydrogen-bond acceptors (Lipinski definition) is 3. The molecule has 1 aliphatic heterocycles. The SMILES string of the molecule is CCC(C)N1CC(C)(C)N(C)C(CN)C1=O. The predicted octanol–water partition coefficient (Wildman–Crippen LogP) is 0.665. The van der Waals surface area contributed by atoms with Gasteiger partial charge in [0.15, 0.2) is 0 Å². The highest BCUT2D eigenvalue weighted by Crippen LogP contribution is 2.25. The lowest BCUT2D eigenvalue weighted by Crippen LogP contribution is -2.68. The molecule has 0 aromatic carbocycles. The highest BCUT2D eigenvalue weighted by atomic mass is 16.2. The van der Waals surface area contributed by atoms with Crippen LogP contribution in [0, 0.1) is 0 Å². The third-order valence-electron chi connectivity index (χ3n) is 3.89. The summed E-state index contributed by atoms with van der Waals surface area (Å²) in [6.07, 6.45) is 0.989. The minimum Gasteiger partial charge on any atom is -0.337 e. The van der Waals surface area contributed by atoms with E-state index in [0.29, 0.717) is 12.6 Å². The van der Waals surface area contributed by atoms with E-state index in [2.05, 4.69) is 32.6 Å². The predicted molar refractivity (Wildman–Crippen MR) is 66.2 cm³/mol. The molecule has 94 valence electrons. The number of piperazine rings is 1. The van der Waals surface area contributed by atoms with Crippen LogP contribution < -0.4 is 5.73 Å². The topological polar surface area (TPSA) is 49.6 Å². The summed E-state index contributed by atoms with van der Waals surface area (Å²) in [4.78, 5) is 16.3. The zero-order chi connectivity index (χ0) is 12.5. The van der Waals surface area contributed by atoms with E-state index < -0.39 is 0 Å². The van der Waals surface area contributed by atoms with Gasteiger partial charge in [-0.3, -0.25) is 9.69 Å². The highest BCUT2D eigenvalue weighted by molar-refractivity contribution is 5.83. The first kappa shape index (κ1) is 13.5. The number of likely N-dealkylation sites (N-methyl/N-ethyl adjacent to an activating group) is 1. The Bertz CT molecular complexity index is 265. The molecule has 4 nitrogen and oxygen atoms in total. The fourth-order valence-corrected chi connectivity index (χ4v) is 2.24. The minimum atomic E-state index is -0.169. The number of hydrogen-bond donors (Lipinski definition) is 1. The Morgan fingerprint density at radius 3 is 2.56 bits per heavy atom. The Morgan fingerprint density at radius 2 is 2.12 bits per heavy atom. The van der Waals surface area contributed by atoms with Gasteiger partial charge in [-0.25, -0.2) is 0 Å². The summed E-state index contributed by atoms with van der Waals surface area (Å²) in [7, 11) is 1.99. The molecule has 0 radical (unpaired) electrons. The van der Waals surface area contributed by atoms with Crippen molar-refractivity contribution < 1.29 is 4.79 Å². The van der Waals surface area contributed by atoms with Crippen LogP contribution in [-0.4, -0.2) is 53.5 Å². The molecule has 2 atom stereocenters. The van der Waals surface area contributed by atoms with Crippen LogP contribution >= 0.6 is 0 Å². The zero-order valence-electron chi connectivity index (χ0n) is 11.2. The molecule has 1 fully saturated rings. The van der Waals surface area contributed by atoms with Crippen LogP contribution in [0.1, 0.15) is 34.1 Å². The van der Waals surface area contributed by atoms with E-state index in [0.717, 1.165) is 13.0 Å². The number of carbonyl (C=O) groups is 1. The van der Waals surface area contributed by atoms with Crippen LogP contribution in [-0.2, 0) is 4.79 Å². The number of nitrogens with zero attached hydrogens (tertiary/aromatic N) is 2. The summed E-state index contributed by atoms with van der Waals surface area (Å²) in [6.45, 7) is 9.72. The second-order valence-corrected chi connectivity index (χ2v) is 5.40. The lowest BCUT2D eigenvalue weighted by molar-refractivity contribution is -0.150. The second kappa shape index (κ2) is 4.72. The van der Waals surface area contributed by atoms with Crippen molar-refractivity contribution in [3.8, 4) is 0 Å². The Balaban J connectivity index is 2.94. The third-order valence-corrected chi connectivity index (χ3v) is 3.89. The van der Waals surface area contributed by atoms with Gasteiger partial charge in [0.1, 0.15) is 6.04 Å². The van der Waals surface area contributed by atoms with E-state index in [1.807, 2.05) is 11.9 Å². The van der Waals surface area contributed by atoms with Crippen molar-refractivity contribution in [2.75, 3.05) is 20.1 Å². The van der Waals surface area contributed by atoms with Crippen LogP contribution in [0.4, 0.5) is 0 Å². The molecule has 0 bridgehead atoms. The van der Waals surface area contributed by atoms with Gasteiger partial charge in [-0.2, -0.15) is 0 Å². The van der Waals surface area contributed by atoms with Gasteiger partial charge in [-0.05, 0) is 34.2 Å². The van der Waals surface area contributed by atoms with Crippen LogP contribution in [0.5, 0.6) is 0 Å². The van der Waals surface area contributed by atoms with E-state index >= 15 is 0 Å². The van der Waals surface area contributed by atoms with Gasteiger partial charge in [-0.1, -0.05) is 6.92 Å². The number of rotatable bonds is 3. The van der Waals surface area contributed by atoms with Gasteiger partial charge in [0.05, 0.1) is 0 Å². The molecule has 4 heteroatoms. The smallest absolute Gasteiger partial charge is 0.241 e. The average Bonchev–Trinajstić information content (AvgIpc) is 2.24. The molecule has 1 saturated heterocycles. The summed E-state index contributed by atoms with van der Waals surface area (Å²) in [5.74, 6) is 0.179. The van der Waals surface area contributed by atoms with Crippen molar-refractivity contribution in [2.24, 2.45) is 5.73 Å². The molecular weight excluding hydrogens is 202 g/mol. The maximum Gasteiger partial charge on any atom is 0.241 e. The van der Waals surface area contributed by atoms with Crippen LogP contribution in [0.3, 0.4) is 0 Å². The monoisotopic (exact) mass is 227 g/mol. The van der Waals surface area contributed by atoms with Crippen LogP contribution in [0.2, 0.25) is 0 Å². The average molecular weight is 227 g/mol. The van der Waals surface area contributed by atoms with Crippen LogP contribution in [0.25, 0.3) is 0 Å². The highest BCUT2D eigenvalue weighted by Gasteiger charge is 2.43. The number of carbonyl (C=O) groups excluding carboxylic acids is 1. The molecule has 16 heavy (non-hydrogen) atoms. The fourth-order valence-electron chi connectivity index (χ4n) is 2.24. The molecule has 0 aliphatic carbocycles. The first-order valence-corrected chi connectivity index (χ1v) is 6.08. The molecule has 0 aromatic heterocycles. The van der Waals surface area contributed by atoms with E-state index in [1.165, 1.54) is 0 Å². The molecule has 0 saturated carbocycles. The third kappa shape index (κ3) is 2.23. The quantitative estimate of drug-likeness (QED) is 0.771. The van der Waals surface area contributed by atoms with E-state index in [4.69, 9.17) is 5.73 Å². The molecule has 1 rings (SSSR count). The van der Waals surface area contributed by atoms with Crippen molar-refractivity contribution in [1.82, 2.24) is 9.80 Å². The van der Waals surface area contributed by atoms with Gasteiger partial charge in [-0.15, -0.1) is 0 Å². The molecule has 0 aromatic rings. The van der Waals surface area contributed by atoms with Gasteiger partial charge < -0.3 is 10.6 Å². The standard InChI is InChI=1S/C12H25N3O/c1-6-9(2)15-8-12(3,4)14(5)10(7-13)11(15)16/h9-10H,6-8,13H2,1-5H3. The molecule has 0 spiro atoms. The van der Waals surface area contributed by atoms with E-state index in [1.54, 1.807) is 0 Å². The molecule has 1 amide bonds. The molecule has 1 aliphatic rings. The summed E-state index contributed by atoms with van der Waals surface area (Å²) < 4.78 is 0. The lowest BCUT2D eigenvalue weighted by atomic mass is 9.93. The van der Waals surface area contributed by atoms with Crippen molar-refractivity contribution in [3.05, 3.63) is 0 Å². The Kier molecular flexibility index (Phi) is 3.97. The van der Waals surface area contributed by atoms with E-state index in [9.17, 15) is 4.79 Å². The van der Waals surface area contributed by atoms with Gasteiger partial charge >= 0.3 is 0 Å². The minimum absolute atomic E-state index is 0.00137. The lowest BCUT2D eigenvalue weighted by Gasteiger charge is -2.50. The van der Waals surface area contributed by atoms with Crippen molar-refractivity contribution >= 4 is 5.91 Å². The maximum absolute atomic E-state index is 12.3. The van der Waals surface area contributed by atoms with Crippen molar-refractivity contribution in [2.45, 2.75) is 51.7 Å². The van der Waals surface area contributed by atoms with Crippen molar-refractivity contribution in [3.63, 3.8) is 0 Å². The van der Waals surface area contributed by atoms with Crippen molar-refractivity contribution in [1.29, 1.82) is 0 Å².